The number of ether oxygens (including phenoxy) is 1. The number of hydrogen-bond donors (Lipinski definition) is 0. The minimum Gasteiger partial charge on any atom is -0.497 e. The zero-order valence-corrected chi connectivity index (χ0v) is 17.5. The lowest BCUT2D eigenvalue weighted by molar-refractivity contribution is -0.137. The number of likely N-dealkylation sites (tertiary alicyclic amines) is 1. The predicted molar refractivity (Wildman–Crippen MR) is 113 cm³/mol. The van der Waals surface area contributed by atoms with Gasteiger partial charge in [0.25, 0.3) is 0 Å². The Labute approximate surface area is 179 Å². The number of piperidine rings is 1. The Morgan fingerprint density at radius 2 is 1.97 bits per heavy atom. The van der Waals surface area contributed by atoms with Crippen LogP contribution in [0.25, 0.3) is 11.1 Å². The zero-order chi connectivity index (χ0) is 21.8. The van der Waals surface area contributed by atoms with E-state index in [1.807, 2.05) is 12.1 Å². The first-order valence-electron chi connectivity index (χ1n) is 10.9. The average Bonchev–Trinajstić information content (AvgIpc) is 3.08. The van der Waals surface area contributed by atoms with Crippen molar-refractivity contribution in [2.75, 3.05) is 44.9 Å². The molecule has 0 bridgehead atoms. The summed E-state index contributed by atoms with van der Waals surface area (Å²) in [7, 11) is 1.37. The maximum atomic E-state index is 13.9. The number of rotatable bonds is 4. The van der Waals surface area contributed by atoms with Gasteiger partial charge in [-0.15, -0.1) is 0 Å². The van der Waals surface area contributed by atoms with E-state index in [9.17, 15) is 17.6 Å². The Bertz CT molecular complexity index is 990. The van der Waals surface area contributed by atoms with Crippen molar-refractivity contribution >= 4 is 5.69 Å². The van der Waals surface area contributed by atoms with E-state index in [1.165, 1.54) is 18.9 Å². The first-order chi connectivity index (χ1) is 14.9. The number of halogens is 4. The summed E-state index contributed by atoms with van der Waals surface area (Å²) in [5, 5.41) is 0. The summed E-state index contributed by atoms with van der Waals surface area (Å²) in [5.41, 5.74) is 3.59. The minimum absolute atomic E-state index is 0.185. The van der Waals surface area contributed by atoms with Crippen molar-refractivity contribution in [1.82, 2.24) is 4.90 Å². The Hall–Kier alpha value is -2.28. The van der Waals surface area contributed by atoms with Crippen LogP contribution in [0.1, 0.15) is 35.4 Å². The summed E-state index contributed by atoms with van der Waals surface area (Å²) in [4.78, 5) is 4.61. The van der Waals surface area contributed by atoms with Gasteiger partial charge in [0, 0.05) is 43.8 Å². The number of anilines is 1. The van der Waals surface area contributed by atoms with Crippen molar-refractivity contribution in [2.24, 2.45) is 0 Å². The standard InChI is InChI=1S/C24H26F4N2O/c1-31-17-4-5-18(21(13-17)24(26,27)28)16-11-15-3-2-8-30-22-6-9-29(10-7-25)14-20(22)19(12-16)23(15)30/h4-5,11-13,20,22H,2-3,6-10,14H2,1H3/t20-,22-/m0/s1. The zero-order valence-electron chi connectivity index (χ0n) is 17.5. The number of fused-ring (bicyclic) bond motifs is 3. The van der Waals surface area contributed by atoms with Crippen molar-refractivity contribution in [1.29, 1.82) is 0 Å². The minimum atomic E-state index is -4.47. The van der Waals surface area contributed by atoms with Gasteiger partial charge < -0.3 is 9.64 Å². The average molecular weight is 434 g/mol. The summed E-state index contributed by atoms with van der Waals surface area (Å²) < 4.78 is 59.7. The van der Waals surface area contributed by atoms with Gasteiger partial charge in [-0.25, -0.2) is 4.39 Å². The number of nitrogens with zero attached hydrogens (tertiary/aromatic N) is 2. The molecule has 1 fully saturated rings. The van der Waals surface area contributed by atoms with Crippen LogP contribution < -0.4 is 9.64 Å². The Balaban J connectivity index is 1.63. The second-order valence-electron chi connectivity index (χ2n) is 8.73. The second-order valence-corrected chi connectivity index (χ2v) is 8.73. The molecule has 2 aromatic rings. The van der Waals surface area contributed by atoms with E-state index in [0.29, 0.717) is 18.2 Å². The fraction of sp³-hybridized carbons (Fsp3) is 0.500. The number of alkyl halides is 4. The third-order valence-electron chi connectivity index (χ3n) is 7.05. The Kier molecular flexibility index (Phi) is 5.12. The van der Waals surface area contributed by atoms with Crippen LogP contribution in [-0.2, 0) is 12.6 Å². The molecule has 0 spiro atoms. The molecule has 0 aliphatic carbocycles. The van der Waals surface area contributed by atoms with Crippen molar-refractivity contribution in [3.05, 3.63) is 47.0 Å². The molecule has 166 valence electrons. The molecular formula is C24H26F4N2O. The molecule has 1 saturated heterocycles. The van der Waals surface area contributed by atoms with E-state index in [-0.39, 0.29) is 23.9 Å². The maximum Gasteiger partial charge on any atom is 0.417 e. The normalized spacial score (nSPS) is 22.9. The lowest BCUT2D eigenvalue weighted by atomic mass is 9.86. The number of methoxy groups -OCH3 is 1. The van der Waals surface area contributed by atoms with E-state index in [0.717, 1.165) is 56.1 Å². The summed E-state index contributed by atoms with van der Waals surface area (Å²) in [5.74, 6) is 0.402. The van der Waals surface area contributed by atoms with Gasteiger partial charge in [-0.05, 0) is 65.8 Å². The summed E-state index contributed by atoms with van der Waals surface area (Å²) in [6.45, 7) is 2.66. The molecule has 0 N–H and O–H groups in total. The molecule has 5 rings (SSSR count). The molecule has 0 aromatic heterocycles. The lowest BCUT2D eigenvalue weighted by Crippen LogP contribution is -2.47. The quantitative estimate of drug-likeness (QED) is 0.610. The summed E-state index contributed by atoms with van der Waals surface area (Å²) >= 11 is 0. The second kappa shape index (κ2) is 7.69. The smallest absolute Gasteiger partial charge is 0.417 e. The van der Waals surface area contributed by atoms with E-state index in [1.54, 1.807) is 6.07 Å². The molecule has 0 radical (unpaired) electrons. The molecule has 3 aliphatic heterocycles. The molecule has 3 nitrogen and oxygen atoms in total. The fourth-order valence-corrected chi connectivity index (χ4v) is 5.73. The Morgan fingerprint density at radius 3 is 2.71 bits per heavy atom. The molecule has 3 aliphatic rings. The highest BCUT2D eigenvalue weighted by molar-refractivity contribution is 5.78. The van der Waals surface area contributed by atoms with Crippen LogP contribution >= 0.6 is 0 Å². The van der Waals surface area contributed by atoms with Gasteiger partial charge in [-0.3, -0.25) is 4.90 Å². The van der Waals surface area contributed by atoms with Gasteiger partial charge >= 0.3 is 6.18 Å². The van der Waals surface area contributed by atoms with E-state index >= 15 is 0 Å². The van der Waals surface area contributed by atoms with Crippen LogP contribution in [0.3, 0.4) is 0 Å². The van der Waals surface area contributed by atoms with Crippen LogP contribution in [0.5, 0.6) is 5.75 Å². The highest BCUT2D eigenvalue weighted by atomic mass is 19.4. The number of aryl methyl sites for hydroxylation is 1. The van der Waals surface area contributed by atoms with Gasteiger partial charge in [-0.2, -0.15) is 13.2 Å². The molecular weight excluding hydrogens is 408 g/mol. The fourth-order valence-electron chi connectivity index (χ4n) is 5.73. The topological polar surface area (TPSA) is 15.7 Å². The molecule has 0 unspecified atom stereocenters. The maximum absolute atomic E-state index is 13.9. The van der Waals surface area contributed by atoms with Crippen LogP contribution in [0.15, 0.2) is 30.3 Å². The molecule has 31 heavy (non-hydrogen) atoms. The highest BCUT2D eigenvalue weighted by Gasteiger charge is 2.44. The van der Waals surface area contributed by atoms with Crippen molar-refractivity contribution in [3.8, 4) is 16.9 Å². The van der Waals surface area contributed by atoms with Crippen LogP contribution in [0.2, 0.25) is 0 Å². The van der Waals surface area contributed by atoms with Crippen LogP contribution in [-0.4, -0.2) is 50.9 Å². The van der Waals surface area contributed by atoms with Gasteiger partial charge in [0.1, 0.15) is 12.4 Å². The monoisotopic (exact) mass is 434 g/mol. The van der Waals surface area contributed by atoms with Crippen LogP contribution in [0.4, 0.5) is 23.2 Å². The van der Waals surface area contributed by atoms with E-state index in [2.05, 4.69) is 9.80 Å². The van der Waals surface area contributed by atoms with Crippen molar-refractivity contribution < 1.29 is 22.3 Å². The third-order valence-corrected chi connectivity index (χ3v) is 7.05. The molecule has 2 atom stereocenters. The van der Waals surface area contributed by atoms with Crippen molar-refractivity contribution in [2.45, 2.75) is 37.4 Å². The van der Waals surface area contributed by atoms with E-state index in [4.69, 9.17) is 4.74 Å². The van der Waals surface area contributed by atoms with Gasteiger partial charge in [0.2, 0.25) is 0 Å². The third kappa shape index (κ3) is 3.47. The van der Waals surface area contributed by atoms with Crippen LogP contribution in [0, 0.1) is 0 Å². The first-order valence-corrected chi connectivity index (χ1v) is 10.9. The summed E-state index contributed by atoms with van der Waals surface area (Å²) in [6.07, 6.45) is -1.64. The number of benzene rings is 2. The highest BCUT2D eigenvalue weighted by Crippen LogP contribution is 2.51. The van der Waals surface area contributed by atoms with Gasteiger partial charge in [0.15, 0.2) is 0 Å². The molecule has 3 heterocycles. The van der Waals surface area contributed by atoms with Gasteiger partial charge in [0.05, 0.1) is 12.7 Å². The lowest BCUT2D eigenvalue weighted by Gasteiger charge is -2.39. The molecule has 7 heteroatoms. The molecule has 2 aromatic carbocycles. The molecule has 0 saturated carbocycles. The van der Waals surface area contributed by atoms with E-state index < -0.39 is 11.7 Å². The van der Waals surface area contributed by atoms with Gasteiger partial charge in [-0.1, -0.05) is 6.07 Å². The Morgan fingerprint density at radius 1 is 1.13 bits per heavy atom. The largest absolute Gasteiger partial charge is 0.497 e. The molecule has 0 amide bonds. The SMILES string of the molecule is COc1ccc(-c2cc3c4c(c2)[C@@H]2CN(CCF)CC[C@@H]2N4CCC3)c(C(F)(F)F)c1. The number of hydrogen-bond acceptors (Lipinski definition) is 3. The summed E-state index contributed by atoms with van der Waals surface area (Å²) in [6, 6.07) is 8.43. The predicted octanol–water partition coefficient (Wildman–Crippen LogP) is 5.27. The first kappa shape index (κ1) is 20.6. The van der Waals surface area contributed by atoms with Crippen molar-refractivity contribution in [3.63, 3.8) is 0 Å².